The monoisotopic (exact) mass is 545 g/mol. The Morgan fingerprint density at radius 1 is 1.12 bits per heavy atom. The summed E-state index contributed by atoms with van der Waals surface area (Å²) < 4.78 is 13.3. The van der Waals surface area contributed by atoms with E-state index in [2.05, 4.69) is 27.8 Å². The zero-order valence-electron chi connectivity index (χ0n) is 23.2. The molecule has 40 heavy (non-hydrogen) atoms. The summed E-state index contributed by atoms with van der Waals surface area (Å²) in [4.78, 5) is 50.3. The molecule has 210 valence electrons. The Bertz CT molecular complexity index is 1350. The summed E-state index contributed by atoms with van der Waals surface area (Å²) in [5.74, 6) is -1.74. The smallest absolute Gasteiger partial charge is 0.251 e. The van der Waals surface area contributed by atoms with Gasteiger partial charge in [0.15, 0.2) is 0 Å². The van der Waals surface area contributed by atoms with Crippen LogP contribution >= 0.6 is 0 Å². The number of amides is 3. The number of aryl methyl sites for hydroxylation is 1. The van der Waals surface area contributed by atoms with Crippen LogP contribution in [-0.2, 0) is 16.0 Å². The maximum atomic E-state index is 13.8. The molecule has 0 aliphatic carbocycles. The molecular formula is C31H36FN5O3. The zero-order chi connectivity index (χ0) is 28.6. The first kappa shape index (κ1) is 28.9. The SMILES string of the molecule is CC[C@@H](C)C(=O)N[C@@H](CNC(=O)c1ccc(F)cc1)C(=O)N1CCC[C@@H]1c1cncc(Cc2cccc(C)c2)n1. The summed E-state index contributed by atoms with van der Waals surface area (Å²) in [6.07, 6.45) is 6.19. The molecule has 3 aromatic rings. The number of hydrogen-bond donors (Lipinski definition) is 2. The molecule has 3 atom stereocenters. The average molecular weight is 546 g/mol. The first-order valence-electron chi connectivity index (χ1n) is 13.8. The van der Waals surface area contributed by atoms with Crippen molar-refractivity contribution in [2.75, 3.05) is 13.1 Å². The van der Waals surface area contributed by atoms with Crippen molar-refractivity contribution in [1.29, 1.82) is 0 Å². The van der Waals surface area contributed by atoms with E-state index < -0.39 is 17.8 Å². The number of carbonyl (C=O) groups is 3. The largest absolute Gasteiger partial charge is 0.349 e. The zero-order valence-corrected chi connectivity index (χ0v) is 23.2. The Morgan fingerprint density at radius 2 is 1.90 bits per heavy atom. The number of benzene rings is 2. The van der Waals surface area contributed by atoms with Gasteiger partial charge in [-0.3, -0.25) is 24.4 Å². The fourth-order valence-electron chi connectivity index (χ4n) is 4.84. The van der Waals surface area contributed by atoms with Crippen LogP contribution in [-0.4, -0.2) is 51.7 Å². The molecule has 0 spiro atoms. The lowest BCUT2D eigenvalue weighted by Crippen LogP contribution is -2.54. The number of aromatic nitrogens is 2. The number of carbonyl (C=O) groups excluding carboxylic acids is 3. The topological polar surface area (TPSA) is 104 Å². The van der Waals surface area contributed by atoms with E-state index >= 15 is 0 Å². The highest BCUT2D eigenvalue weighted by molar-refractivity contribution is 5.95. The van der Waals surface area contributed by atoms with Crippen LogP contribution in [0.4, 0.5) is 4.39 Å². The van der Waals surface area contributed by atoms with E-state index in [1.165, 1.54) is 29.8 Å². The van der Waals surface area contributed by atoms with Crippen LogP contribution in [0.15, 0.2) is 60.9 Å². The lowest BCUT2D eigenvalue weighted by atomic mass is 10.1. The van der Waals surface area contributed by atoms with Gasteiger partial charge in [-0.15, -0.1) is 0 Å². The molecule has 4 rings (SSSR count). The summed E-state index contributed by atoms with van der Waals surface area (Å²) in [7, 11) is 0. The van der Waals surface area contributed by atoms with Crippen molar-refractivity contribution in [3.05, 3.63) is 94.8 Å². The first-order chi connectivity index (χ1) is 19.2. The van der Waals surface area contributed by atoms with Gasteiger partial charge in [-0.1, -0.05) is 43.7 Å². The molecule has 2 aromatic carbocycles. The van der Waals surface area contributed by atoms with E-state index in [0.29, 0.717) is 25.1 Å². The van der Waals surface area contributed by atoms with Crippen LogP contribution in [0, 0.1) is 18.7 Å². The van der Waals surface area contributed by atoms with Crippen molar-refractivity contribution in [1.82, 2.24) is 25.5 Å². The second kappa shape index (κ2) is 13.3. The third-order valence-electron chi connectivity index (χ3n) is 7.30. The van der Waals surface area contributed by atoms with E-state index in [4.69, 9.17) is 4.98 Å². The standard InChI is InChI=1S/C31H36FN5O3/c1-4-21(3)29(38)36-27(19-34-30(39)23-10-12-24(32)13-11-23)31(40)37-14-6-9-28(37)26-18-33-17-25(35-26)16-22-8-5-7-20(2)15-22/h5,7-8,10-13,15,17-18,21,27-28H,4,6,9,14,16,19H2,1-3H3,(H,34,39)(H,36,38)/t21-,27+,28-/m1/s1. The van der Waals surface area contributed by atoms with Crippen LogP contribution in [0.2, 0.25) is 0 Å². The molecule has 1 fully saturated rings. The number of nitrogens with one attached hydrogen (secondary N) is 2. The Balaban J connectivity index is 1.51. The predicted molar refractivity (Wildman–Crippen MR) is 150 cm³/mol. The molecule has 0 bridgehead atoms. The van der Waals surface area contributed by atoms with E-state index in [0.717, 1.165) is 24.1 Å². The van der Waals surface area contributed by atoms with E-state index in [1.54, 1.807) is 24.2 Å². The van der Waals surface area contributed by atoms with Crippen molar-refractivity contribution in [3.63, 3.8) is 0 Å². The number of halogens is 1. The van der Waals surface area contributed by atoms with Crippen LogP contribution in [0.5, 0.6) is 0 Å². The second-order valence-corrected chi connectivity index (χ2v) is 10.4. The van der Waals surface area contributed by atoms with Crippen LogP contribution in [0.3, 0.4) is 0 Å². The summed E-state index contributed by atoms with van der Waals surface area (Å²) in [5, 5.41) is 5.57. The minimum Gasteiger partial charge on any atom is -0.349 e. The fourth-order valence-corrected chi connectivity index (χ4v) is 4.84. The Morgan fingerprint density at radius 3 is 2.62 bits per heavy atom. The normalized spacial score (nSPS) is 16.3. The Hall–Kier alpha value is -4.14. The van der Waals surface area contributed by atoms with Gasteiger partial charge in [-0.25, -0.2) is 4.39 Å². The number of likely N-dealkylation sites (tertiary alicyclic amines) is 1. The van der Waals surface area contributed by atoms with Gasteiger partial charge in [0, 0.05) is 37.2 Å². The second-order valence-electron chi connectivity index (χ2n) is 10.4. The number of rotatable bonds is 10. The van der Waals surface area contributed by atoms with Gasteiger partial charge in [-0.05, 0) is 56.0 Å². The molecule has 1 aliphatic rings. The third-order valence-corrected chi connectivity index (χ3v) is 7.30. The van der Waals surface area contributed by atoms with Gasteiger partial charge in [0.25, 0.3) is 5.91 Å². The van der Waals surface area contributed by atoms with E-state index in [9.17, 15) is 18.8 Å². The molecule has 8 nitrogen and oxygen atoms in total. The van der Waals surface area contributed by atoms with Crippen LogP contribution in [0.25, 0.3) is 0 Å². The molecule has 2 N–H and O–H groups in total. The lowest BCUT2D eigenvalue weighted by molar-refractivity contribution is -0.138. The van der Waals surface area contributed by atoms with Gasteiger partial charge in [0.2, 0.25) is 11.8 Å². The van der Waals surface area contributed by atoms with Crippen LogP contribution in [0.1, 0.15) is 72.0 Å². The summed E-state index contributed by atoms with van der Waals surface area (Å²) >= 11 is 0. The third kappa shape index (κ3) is 7.28. The van der Waals surface area contributed by atoms with Gasteiger partial charge >= 0.3 is 0 Å². The molecule has 0 radical (unpaired) electrons. The van der Waals surface area contributed by atoms with Gasteiger partial charge in [-0.2, -0.15) is 0 Å². The minimum atomic E-state index is -0.963. The molecule has 2 heterocycles. The van der Waals surface area contributed by atoms with Crippen molar-refractivity contribution >= 4 is 17.7 Å². The quantitative estimate of drug-likeness (QED) is 0.399. The molecular weight excluding hydrogens is 509 g/mol. The molecule has 1 aliphatic heterocycles. The molecule has 3 amide bonds. The molecule has 0 unspecified atom stereocenters. The van der Waals surface area contributed by atoms with Crippen molar-refractivity contribution in [3.8, 4) is 0 Å². The van der Waals surface area contributed by atoms with Crippen LogP contribution < -0.4 is 10.6 Å². The molecule has 1 aromatic heterocycles. The van der Waals surface area contributed by atoms with Crippen molar-refractivity contribution in [2.45, 2.75) is 58.5 Å². The fraction of sp³-hybridized carbons (Fsp3) is 0.387. The van der Waals surface area contributed by atoms with Crippen molar-refractivity contribution < 1.29 is 18.8 Å². The Labute approximate surface area is 234 Å². The average Bonchev–Trinajstić information content (AvgIpc) is 3.45. The molecule has 1 saturated heterocycles. The van der Waals surface area contributed by atoms with E-state index in [1.807, 2.05) is 26.0 Å². The molecule has 0 saturated carbocycles. The Kier molecular flexibility index (Phi) is 9.58. The van der Waals surface area contributed by atoms with Gasteiger partial charge in [0.05, 0.1) is 23.6 Å². The molecule has 9 heteroatoms. The maximum absolute atomic E-state index is 13.8. The lowest BCUT2D eigenvalue weighted by Gasteiger charge is -2.30. The summed E-state index contributed by atoms with van der Waals surface area (Å²) in [6.45, 7) is 6.15. The first-order valence-corrected chi connectivity index (χ1v) is 13.8. The predicted octanol–water partition coefficient (Wildman–Crippen LogP) is 4.14. The maximum Gasteiger partial charge on any atom is 0.251 e. The highest BCUT2D eigenvalue weighted by atomic mass is 19.1. The summed E-state index contributed by atoms with van der Waals surface area (Å²) in [6, 6.07) is 12.1. The number of hydrogen-bond acceptors (Lipinski definition) is 5. The van der Waals surface area contributed by atoms with Crippen molar-refractivity contribution in [2.24, 2.45) is 5.92 Å². The highest BCUT2D eigenvalue weighted by Gasteiger charge is 2.36. The number of nitrogens with zero attached hydrogens (tertiary/aromatic N) is 3. The minimum absolute atomic E-state index is 0.0977. The van der Waals surface area contributed by atoms with Gasteiger partial charge in [0.1, 0.15) is 11.9 Å². The summed E-state index contributed by atoms with van der Waals surface area (Å²) in [5.41, 5.74) is 4.09. The van der Waals surface area contributed by atoms with E-state index in [-0.39, 0.29) is 35.9 Å². The highest BCUT2D eigenvalue weighted by Crippen LogP contribution is 2.31. The van der Waals surface area contributed by atoms with Gasteiger partial charge < -0.3 is 15.5 Å².